The number of aliphatic hydroxyl groups is 2. The second-order valence-corrected chi connectivity index (χ2v) is 11.8. The van der Waals surface area contributed by atoms with E-state index in [1.54, 1.807) is 12.2 Å². The normalized spacial score (nSPS) is 44.1. The minimum Gasteiger partial charge on any atom is -0.450 e. The van der Waals surface area contributed by atoms with Crippen LogP contribution in [-0.4, -0.2) is 46.1 Å². The number of fused-ring (bicyclic) bond motifs is 5. The molecule has 0 aromatic rings. The number of hydrogen-bond donors (Lipinski definition) is 2. The van der Waals surface area contributed by atoms with Gasteiger partial charge in [0.15, 0.2) is 11.4 Å². The summed E-state index contributed by atoms with van der Waals surface area (Å²) in [4.78, 5) is 38.1. The Morgan fingerprint density at radius 2 is 1.97 bits per heavy atom. The van der Waals surface area contributed by atoms with Gasteiger partial charge in [0.2, 0.25) is 5.78 Å². The van der Waals surface area contributed by atoms with E-state index in [0.717, 1.165) is 12.0 Å². The van der Waals surface area contributed by atoms with Crippen LogP contribution in [0.3, 0.4) is 0 Å². The van der Waals surface area contributed by atoms with Crippen LogP contribution >= 0.6 is 0 Å². The van der Waals surface area contributed by atoms with Crippen LogP contribution in [0.1, 0.15) is 66.7 Å². The van der Waals surface area contributed by atoms with Crippen molar-refractivity contribution >= 4 is 17.5 Å². The third kappa shape index (κ3) is 3.47. The Bertz CT molecular complexity index is 918. The predicted octanol–water partition coefficient (Wildman–Crippen LogP) is 3.40. The molecule has 8 atom stereocenters. The van der Waals surface area contributed by atoms with Gasteiger partial charge in [0.1, 0.15) is 6.61 Å². The van der Waals surface area contributed by atoms with E-state index in [9.17, 15) is 24.6 Å². The van der Waals surface area contributed by atoms with Crippen molar-refractivity contribution in [2.24, 2.45) is 40.4 Å². The molecule has 4 aliphatic rings. The number of hydrogen-bond acceptors (Lipinski definition) is 6. The average molecular weight is 459 g/mol. The Morgan fingerprint density at radius 3 is 2.61 bits per heavy atom. The SMILES string of the molecule is CC(C)CC(=O)O[C@]1(C(=O)CO)CC[C@H]2[C@@H]3C[C@H](C)C4=CC(=O)C=C[C@]4(C)[C@H]3[C@@H](O)C[C@@]21C. The molecule has 2 N–H and O–H groups in total. The van der Waals surface area contributed by atoms with Gasteiger partial charge in [0.05, 0.1) is 6.10 Å². The van der Waals surface area contributed by atoms with Gasteiger partial charge < -0.3 is 14.9 Å². The second-order valence-electron chi connectivity index (χ2n) is 11.8. The highest BCUT2D eigenvalue weighted by Crippen LogP contribution is 2.68. The van der Waals surface area contributed by atoms with Gasteiger partial charge in [-0.05, 0) is 61.5 Å². The molecule has 0 bridgehead atoms. The number of ether oxygens (including phenoxy) is 1. The van der Waals surface area contributed by atoms with E-state index in [4.69, 9.17) is 4.74 Å². The number of rotatable bonds is 5. The Balaban J connectivity index is 1.75. The number of carbonyl (C=O) groups is 3. The topological polar surface area (TPSA) is 101 Å². The van der Waals surface area contributed by atoms with Crippen molar-refractivity contribution < 1.29 is 29.3 Å². The molecule has 0 amide bonds. The van der Waals surface area contributed by atoms with E-state index in [2.05, 4.69) is 13.8 Å². The Kier molecular flexibility index (Phi) is 6.02. The Hall–Kier alpha value is -1.79. The average Bonchev–Trinajstić information content (AvgIpc) is 3.00. The van der Waals surface area contributed by atoms with Crippen LogP contribution in [0.5, 0.6) is 0 Å². The van der Waals surface area contributed by atoms with Crippen molar-refractivity contribution in [2.75, 3.05) is 6.61 Å². The third-order valence-corrected chi connectivity index (χ3v) is 9.39. The minimum atomic E-state index is -1.41. The summed E-state index contributed by atoms with van der Waals surface area (Å²) in [6.45, 7) is 9.38. The number of Topliss-reactive ketones (excluding diaryl/α,β-unsaturated/α-hetero) is 1. The predicted molar refractivity (Wildman–Crippen MR) is 123 cm³/mol. The van der Waals surface area contributed by atoms with E-state index in [0.29, 0.717) is 19.3 Å². The first-order valence-electron chi connectivity index (χ1n) is 12.4. The first-order chi connectivity index (χ1) is 15.4. The van der Waals surface area contributed by atoms with Gasteiger partial charge in [-0.1, -0.05) is 46.3 Å². The number of carbonyl (C=O) groups excluding carboxylic acids is 3. The molecular formula is C27H38O6. The van der Waals surface area contributed by atoms with E-state index in [1.807, 2.05) is 26.8 Å². The molecular weight excluding hydrogens is 420 g/mol. The molecule has 182 valence electrons. The first kappa shape index (κ1) is 24.3. The largest absolute Gasteiger partial charge is 0.450 e. The molecule has 0 aromatic heterocycles. The molecule has 3 fully saturated rings. The smallest absolute Gasteiger partial charge is 0.307 e. The van der Waals surface area contributed by atoms with Crippen molar-refractivity contribution in [2.45, 2.75) is 78.4 Å². The lowest BCUT2D eigenvalue weighted by Gasteiger charge is -2.61. The zero-order chi connectivity index (χ0) is 24.3. The minimum absolute atomic E-state index is 0.00611. The lowest BCUT2D eigenvalue weighted by Crippen LogP contribution is -2.63. The summed E-state index contributed by atoms with van der Waals surface area (Å²) in [7, 11) is 0. The fourth-order valence-electron chi connectivity index (χ4n) is 8.12. The quantitative estimate of drug-likeness (QED) is 0.613. The summed E-state index contributed by atoms with van der Waals surface area (Å²) >= 11 is 0. The van der Waals surface area contributed by atoms with Gasteiger partial charge in [0.25, 0.3) is 0 Å². The standard InChI is InChI=1S/C27H38O6/c1-15(2)10-23(32)33-27(22(31)14-28)9-7-19-18-11-16(3)20-12-17(29)6-8-25(20,4)24(18)21(30)13-26(19,27)5/h6,8,12,15-16,18-19,21,24,28,30H,7,9-11,13-14H2,1-5H3/t16-,18-,19-,21-,24+,25-,26-,27-/m0/s1. The summed E-state index contributed by atoms with van der Waals surface area (Å²) in [5, 5.41) is 21.4. The van der Waals surface area contributed by atoms with Crippen molar-refractivity contribution in [3.8, 4) is 0 Å². The maximum atomic E-state index is 13.2. The van der Waals surface area contributed by atoms with Crippen molar-refractivity contribution in [3.63, 3.8) is 0 Å². The molecule has 3 saturated carbocycles. The van der Waals surface area contributed by atoms with E-state index in [-0.39, 0.29) is 41.8 Å². The van der Waals surface area contributed by atoms with Crippen molar-refractivity contribution in [1.82, 2.24) is 0 Å². The fourth-order valence-corrected chi connectivity index (χ4v) is 8.12. The number of aliphatic hydroxyl groups excluding tert-OH is 2. The lowest BCUT2D eigenvalue weighted by molar-refractivity contribution is -0.201. The molecule has 0 aromatic carbocycles. The van der Waals surface area contributed by atoms with Gasteiger partial charge >= 0.3 is 5.97 Å². The van der Waals surface area contributed by atoms with Gasteiger partial charge in [-0.3, -0.25) is 14.4 Å². The molecule has 6 heteroatoms. The van der Waals surface area contributed by atoms with Gasteiger partial charge in [-0.25, -0.2) is 0 Å². The molecule has 4 rings (SSSR count). The highest BCUT2D eigenvalue weighted by atomic mass is 16.6. The molecule has 0 spiro atoms. The molecule has 0 aliphatic heterocycles. The summed E-state index contributed by atoms with van der Waals surface area (Å²) in [6, 6.07) is 0. The molecule has 33 heavy (non-hydrogen) atoms. The van der Waals surface area contributed by atoms with Crippen molar-refractivity contribution in [1.29, 1.82) is 0 Å². The van der Waals surface area contributed by atoms with Crippen LogP contribution in [0.15, 0.2) is 23.8 Å². The monoisotopic (exact) mass is 458 g/mol. The van der Waals surface area contributed by atoms with Gasteiger partial charge in [0, 0.05) is 23.2 Å². The summed E-state index contributed by atoms with van der Waals surface area (Å²) in [5.41, 5.74) is -1.51. The molecule has 0 saturated heterocycles. The van der Waals surface area contributed by atoms with Crippen LogP contribution in [0, 0.1) is 40.4 Å². The first-order valence-corrected chi connectivity index (χ1v) is 12.4. The number of ketones is 2. The molecule has 4 aliphatic carbocycles. The lowest BCUT2D eigenvalue weighted by atomic mass is 9.44. The molecule has 0 radical (unpaired) electrons. The van der Waals surface area contributed by atoms with Crippen molar-refractivity contribution in [3.05, 3.63) is 23.8 Å². The van der Waals surface area contributed by atoms with Crippen LogP contribution in [-0.2, 0) is 19.1 Å². The number of allylic oxidation sites excluding steroid dienone is 4. The van der Waals surface area contributed by atoms with E-state index >= 15 is 0 Å². The summed E-state index contributed by atoms with van der Waals surface area (Å²) in [5.74, 6) is -0.516. The van der Waals surface area contributed by atoms with Crippen LogP contribution in [0.25, 0.3) is 0 Å². The Morgan fingerprint density at radius 1 is 1.27 bits per heavy atom. The van der Waals surface area contributed by atoms with Crippen LogP contribution in [0.2, 0.25) is 0 Å². The molecule has 0 heterocycles. The maximum absolute atomic E-state index is 13.2. The zero-order valence-electron chi connectivity index (χ0n) is 20.5. The fraction of sp³-hybridized carbons (Fsp3) is 0.741. The molecule has 0 unspecified atom stereocenters. The van der Waals surface area contributed by atoms with Gasteiger partial charge in [-0.15, -0.1) is 0 Å². The highest BCUT2D eigenvalue weighted by molar-refractivity contribution is 6.01. The van der Waals surface area contributed by atoms with E-state index < -0.39 is 40.9 Å². The maximum Gasteiger partial charge on any atom is 0.307 e. The third-order valence-electron chi connectivity index (χ3n) is 9.39. The molecule has 6 nitrogen and oxygen atoms in total. The second kappa shape index (κ2) is 8.16. The van der Waals surface area contributed by atoms with Crippen LogP contribution in [0.4, 0.5) is 0 Å². The van der Waals surface area contributed by atoms with Gasteiger partial charge in [-0.2, -0.15) is 0 Å². The summed E-state index contributed by atoms with van der Waals surface area (Å²) in [6.07, 6.45) is 7.01. The zero-order valence-corrected chi connectivity index (χ0v) is 20.5. The highest BCUT2D eigenvalue weighted by Gasteiger charge is 2.70. The van der Waals surface area contributed by atoms with E-state index in [1.165, 1.54) is 0 Å². The van der Waals surface area contributed by atoms with Crippen LogP contribution < -0.4 is 0 Å². The number of esters is 1. The summed E-state index contributed by atoms with van der Waals surface area (Å²) < 4.78 is 6.01. The Labute approximate surface area is 196 Å².